The highest BCUT2D eigenvalue weighted by molar-refractivity contribution is 5.79. The Morgan fingerprint density at radius 1 is 1.33 bits per heavy atom. The molecule has 5 heteroatoms. The first-order chi connectivity index (χ1) is 7.11. The molecule has 0 aromatic heterocycles. The normalized spacial score (nSPS) is 12.5. The summed E-state index contributed by atoms with van der Waals surface area (Å²) < 4.78 is 23.6. The van der Waals surface area contributed by atoms with Gasteiger partial charge in [-0.2, -0.15) is 8.78 Å². The molecule has 1 rings (SSSR count). The van der Waals surface area contributed by atoms with Crippen molar-refractivity contribution in [2.75, 3.05) is 6.54 Å². The Kier molecular flexibility index (Phi) is 4.17. The van der Waals surface area contributed by atoms with E-state index in [1.807, 2.05) is 5.32 Å². The Morgan fingerprint density at radius 2 is 1.93 bits per heavy atom. The number of benzene rings is 1. The summed E-state index contributed by atoms with van der Waals surface area (Å²) in [6.45, 7) is -0.215. The van der Waals surface area contributed by atoms with Gasteiger partial charge in [-0.3, -0.25) is 4.79 Å². The van der Waals surface area contributed by atoms with Gasteiger partial charge >= 0.3 is 6.43 Å². The predicted molar refractivity (Wildman–Crippen MR) is 50.4 cm³/mol. The quantitative estimate of drug-likeness (QED) is 0.790. The lowest BCUT2D eigenvalue weighted by Crippen LogP contribution is -2.33. The molecule has 0 bridgehead atoms. The van der Waals surface area contributed by atoms with E-state index in [1.54, 1.807) is 30.3 Å². The molecule has 0 aliphatic rings. The molecule has 0 saturated heterocycles. The predicted octanol–water partition coefficient (Wildman–Crippen LogP) is 1.10. The Bertz CT molecular complexity index is 316. The number of carbonyl (C=O) groups excluding carboxylic acids is 1. The maximum absolute atomic E-state index is 11.8. The molecule has 0 aliphatic heterocycles. The van der Waals surface area contributed by atoms with Gasteiger partial charge in [-0.1, -0.05) is 30.3 Å². The van der Waals surface area contributed by atoms with Crippen LogP contribution in [0.3, 0.4) is 0 Å². The van der Waals surface area contributed by atoms with Crippen LogP contribution in [0, 0.1) is 0 Å². The summed E-state index contributed by atoms with van der Waals surface area (Å²) in [5.41, 5.74) is 0.576. The van der Waals surface area contributed by atoms with E-state index in [1.165, 1.54) is 0 Å². The Morgan fingerprint density at radius 3 is 2.47 bits per heavy atom. The van der Waals surface area contributed by atoms with E-state index in [0.717, 1.165) is 0 Å². The maximum atomic E-state index is 11.8. The van der Waals surface area contributed by atoms with Gasteiger partial charge in [-0.05, 0) is 5.56 Å². The molecule has 0 heterocycles. The summed E-state index contributed by atoms with van der Waals surface area (Å²) in [6, 6.07) is 8.51. The highest BCUT2D eigenvalue weighted by Gasteiger charge is 2.16. The third-order valence-electron chi connectivity index (χ3n) is 1.85. The number of rotatable bonds is 4. The monoisotopic (exact) mass is 215 g/mol. The third-order valence-corrected chi connectivity index (χ3v) is 1.85. The van der Waals surface area contributed by atoms with Crippen molar-refractivity contribution in [3.8, 4) is 0 Å². The topological polar surface area (TPSA) is 49.3 Å². The zero-order valence-corrected chi connectivity index (χ0v) is 7.86. The number of alkyl halides is 2. The lowest BCUT2D eigenvalue weighted by atomic mass is 10.1. The molecule has 1 unspecified atom stereocenters. The Hall–Kier alpha value is -1.49. The molecule has 1 aromatic carbocycles. The highest BCUT2D eigenvalue weighted by atomic mass is 19.3. The van der Waals surface area contributed by atoms with Crippen LogP contribution in [-0.4, -0.2) is 24.0 Å². The van der Waals surface area contributed by atoms with E-state index in [0.29, 0.717) is 5.56 Å². The average molecular weight is 215 g/mol. The van der Waals surface area contributed by atoms with Crippen molar-refractivity contribution in [3.63, 3.8) is 0 Å². The summed E-state index contributed by atoms with van der Waals surface area (Å²) in [7, 11) is 0. The summed E-state index contributed by atoms with van der Waals surface area (Å²) in [5, 5.41) is 11.4. The SMILES string of the molecule is O=C(NCC(O)c1ccccc1)C(F)F. The van der Waals surface area contributed by atoms with E-state index in [4.69, 9.17) is 0 Å². The second kappa shape index (κ2) is 5.41. The van der Waals surface area contributed by atoms with Gasteiger partial charge in [0.1, 0.15) is 0 Å². The van der Waals surface area contributed by atoms with Crippen molar-refractivity contribution in [1.29, 1.82) is 0 Å². The van der Waals surface area contributed by atoms with Crippen LogP contribution in [0.2, 0.25) is 0 Å². The van der Waals surface area contributed by atoms with Gasteiger partial charge < -0.3 is 10.4 Å². The first-order valence-corrected chi connectivity index (χ1v) is 4.40. The van der Waals surface area contributed by atoms with Crippen molar-refractivity contribution in [2.24, 2.45) is 0 Å². The van der Waals surface area contributed by atoms with Crippen LogP contribution >= 0.6 is 0 Å². The molecule has 0 spiro atoms. The molecule has 1 amide bonds. The molecule has 3 nitrogen and oxygen atoms in total. The van der Waals surface area contributed by atoms with Crippen LogP contribution in [0.4, 0.5) is 8.78 Å². The second-order valence-electron chi connectivity index (χ2n) is 2.97. The molecule has 0 aliphatic carbocycles. The number of hydrogen-bond donors (Lipinski definition) is 2. The molecule has 0 saturated carbocycles. The average Bonchev–Trinajstić information content (AvgIpc) is 2.26. The third kappa shape index (κ3) is 3.63. The van der Waals surface area contributed by atoms with E-state index in [2.05, 4.69) is 0 Å². The van der Waals surface area contributed by atoms with Crippen LogP contribution in [-0.2, 0) is 4.79 Å². The van der Waals surface area contributed by atoms with Crippen LogP contribution in [0.15, 0.2) is 30.3 Å². The summed E-state index contributed by atoms with van der Waals surface area (Å²) in [6.07, 6.45) is -4.01. The fourth-order valence-electron chi connectivity index (χ4n) is 1.07. The van der Waals surface area contributed by atoms with E-state index >= 15 is 0 Å². The minimum Gasteiger partial charge on any atom is -0.387 e. The van der Waals surface area contributed by atoms with E-state index in [9.17, 15) is 18.7 Å². The van der Waals surface area contributed by atoms with Crippen LogP contribution in [0.5, 0.6) is 0 Å². The summed E-state index contributed by atoms with van der Waals surface area (Å²) >= 11 is 0. The zero-order valence-electron chi connectivity index (χ0n) is 7.86. The van der Waals surface area contributed by atoms with Gasteiger partial charge in [0.05, 0.1) is 6.10 Å². The standard InChI is InChI=1S/C10H11F2NO2/c11-9(12)10(15)13-6-8(14)7-4-2-1-3-5-7/h1-5,8-9,14H,6H2,(H,13,15). The largest absolute Gasteiger partial charge is 0.387 e. The molecular formula is C10H11F2NO2. The summed E-state index contributed by atoms with van der Waals surface area (Å²) in [5.74, 6) is -1.37. The minimum absolute atomic E-state index is 0.215. The van der Waals surface area contributed by atoms with Crippen molar-refractivity contribution in [3.05, 3.63) is 35.9 Å². The number of amides is 1. The van der Waals surface area contributed by atoms with Crippen molar-refractivity contribution in [2.45, 2.75) is 12.5 Å². The molecule has 1 aromatic rings. The van der Waals surface area contributed by atoms with Crippen molar-refractivity contribution in [1.82, 2.24) is 5.32 Å². The second-order valence-corrected chi connectivity index (χ2v) is 2.97. The number of aliphatic hydroxyl groups is 1. The lowest BCUT2D eigenvalue weighted by Gasteiger charge is -2.11. The minimum atomic E-state index is -3.05. The maximum Gasteiger partial charge on any atom is 0.315 e. The molecule has 1 atom stereocenters. The number of carbonyl (C=O) groups is 1. The summed E-state index contributed by atoms with van der Waals surface area (Å²) in [4.78, 5) is 10.5. The van der Waals surface area contributed by atoms with Gasteiger partial charge in [0.15, 0.2) is 0 Å². The van der Waals surface area contributed by atoms with Crippen LogP contribution in [0.1, 0.15) is 11.7 Å². The van der Waals surface area contributed by atoms with Crippen molar-refractivity contribution < 1.29 is 18.7 Å². The van der Waals surface area contributed by atoms with E-state index in [-0.39, 0.29) is 6.54 Å². The van der Waals surface area contributed by atoms with Crippen LogP contribution in [0.25, 0.3) is 0 Å². The number of halogens is 2. The Balaban J connectivity index is 2.44. The van der Waals surface area contributed by atoms with E-state index < -0.39 is 18.4 Å². The highest BCUT2D eigenvalue weighted by Crippen LogP contribution is 2.10. The van der Waals surface area contributed by atoms with Gasteiger partial charge in [-0.15, -0.1) is 0 Å². The van der Waals surface area contributed by atoms with Gasteiger partial charge in [0, 0.05) is 6.54 Å². The lowest BCUT2D eigenvalue weighted by molar-refractivity contribution is -0.132. The van der Waals surface area contributed by atoms with Gasteiger partial charge in [-0.25, -0.2) is 0 Å². The molecule has 0 fully saturated rings. The first kappa shape index (κ1) is 11.6. The zero-order chi connectivity index (χ0) is 11.3. The fourth-order valence-corrected chi connectivity index (χ4v) is 1.07. The smallest absolute Gasteiger partial charge is 0.315 e. The molecule has 82 valence electrons. The molecular weight excluding hydrogens is 204 g/mol. The molecule has 0 radical (unpaired) electrons. The van der Waals surface area contributed by atoms with Crippen molar-refractivity contribution >= 4 is 5.91 Å². The first-order valence-electron chi connectivity index (χ1n) is 4.40. The molecule has 15 heavy (non-hydrogen) atoms. The van der Waals surface area contributed by atoms with Gasteiger partial charge in [0.25, 0.3) is 5.91 Å². The number of aliphatic hydroxyl groups excluding tert-OH is 1. The fraction of sp³-hybridized carbons (Fsp3) is 0.300. The van der Waals surface area contributed by atoms with Crippen LogP contribution < -0.4 is 5.32 Å². The molecule has 2 N–H and O–H groups in total. The Labute approximate surface area is 85.7 Å². The van der Waals surface area contributed by atoms with Gasteiger partial charge in [0.2, 0.25) is 0 Å². The number of hydrogen-bond acceptors (Lipinski definition) is 2. The number of nitrogens with one attached hydrogen (secondary N) is 1.